The maximum atomic E-state index is 12.0. The van der Waals surface area contributed by atoms with Crippen LogP contribution in [0, 0.1) is 5.92 Å². The quantitative estimate of drug-likeness (QED) is 0.616. The van der Waals surface area contributed by atoms with Gasteiger partial charge in [0, 0.05) is 42.9 Å². The topological polar surface area (TPSA) is 76.2 Å². The summed E-state index contributed by atoms with van der Waals surface area (Å²) in [7, 11) is 4.14. The summed E-state index contributed by atoms with van der Waals surface area (Å²) in [6, 6.07) is 12.4. The summed E-state index contributed by atoms with van der Waals surface area (Å²) in [5.41, 5.74) is 8.07. The van der Waals surface area contributed by atoms with E-state index in [0.717, 1.165) is 22.4 Å². The summed E-state index contributed by atoms with van der Waals surface area (Å²) in [5, 5.41) is 4.46. The van der Waals surface area contributed by atoms with E-state index in [9.17, 15) is 4.79 Å². The Hall–Kier alpha value is -3.02. The van der Waals surface area contributed by atoms with Crippen LogP contribution in [-0.4, -0.2) is 28.5 Å². The fraction of sp³-hybridized carbons (Fsp3) is 0.417. The number of nitrogens with one attached hydrogen (secondary N) is 1. The highest BCUT2D eigenvalue weighted by Crippen LogP contribution is 2.33. The Morgan fingerprint density at radius 1 is 1.23 bits per heavy atom. The second-order valence-corrected chi connectivity index (χ2v) is 8.39. The Bertz CT molecular complexity index is 1060. The summed E-state index contributed by atoms with van der Waals surface area (Å²) >= 11 is 0. The van der Waals surface area contributed by atoms with E-state index in [1.807, 2.05) is 25.4 Å². The average molecular weight is 406 g/mol. The predicted molar refractivity (Wildman–Crippen MR) is 123 cm³/mol. The predicted octanol–water partition coefficient (Wildman–Crippen LogP) is 4.82. The van der Waals surface area contributed by atoms with Crippen LogP contribution in [0.25, 0.3) is 10.9 Å². The van der Waals surface area contributed by atoms with Crippen molar-refractivity contribution in [3.05, 3.63) is 48.2 Å². The van der Waals surface area contributed by atoms with Gasteiger partial charge in [-0.15, -0.1) is 0 Å². The van der Waals surface area contributed by atoms with Gasteiger partial charge < -0.3 is 20.5 Å². The Labute approximate surface area is 178 Å². The molecule has 1 saturated carbocycles. The van der Waals surface area contributed by atoms with Crippen LogP contribution < -0.4 is 16.0 Å². The first-order chi connectivity index (χ1) is 14.5. The van der Waals surface area contributed by atoms with Crippen LogP contribution in [0.15, 0.2) is 42.6 Å². The van der Waals surface area contributed by atoms with Gasteiger partial charge in [-0.25, -0.2) is 4.98 Å². The standard InChI is InChI=1S/C24H31N5O/c1-4-16-7-5-6-8-21(16)29(3)22-12-10-19(23(25)30)24(27-22)26-18-9-11-20-17(15-18)13-14-28(20)2/h9-16,21H,4-8H2,1-3H3,(H2,25,30)(H,26,27). The number of aromatic nitrogens is 2. The molecule has 3 N–H and O–H groups in total. The first-order valence-corrected chi connectivity index (χ1v) is 10.8. The van der Waals surface area contributed by atoms with E-state index >= 15 is 0 Å². The molecule has 1 amide bonds. The molecule has 0 spiro atoms. The lowest BCUT2D eigenvalue weighted by Crippen LogP contribution is -2.40. The summed E-state index contributed by atoms with van der Waals surface area (Å²) in [6.45, 7) is 2.27. The number of anilines is 3. The molecule has 1 aliphatic carbocycles. The third-order valence-corrected chi connectivity index (χ3v) is 6.55. The summed E-state index contributed by atoms with van der Waals surface area (Å²) in [5.74, 6) is 1.57. The van der Waals surface area contributed by atoms with E-state index in [2.05, 4.69) is 47.0 Å². The van der Waals surface area contributed by atoms with E-state index < -0.39 is 5.91 Å². The maximum Gasteiger partial charge on any atom is 0.252 e. The van der Waals surface area contributed by atoms with Crippen molar-refractivity contribution >= 4 is 34.1 Å². The highest BCUT2D eigenvalue weighted by atomic mass is 16.1. The molecule has 158 valence electrons. The summed E-state index contributed by atoms with van der Waals surface area (Å²) in [4.78, 5) is 19.1. The highest BCUT2D eigenvalue weighted by molar-refractivity contribution is 5.99. The van der Waals surface area contributed by atoms with Gasteiger partial charge in [-0.2, -0.15) is 0 Å². The first-order valence-electron chi connectivity index (χ1n) is 10.8. The Morgan fingerprint density at radius 3 is 2.80 bits per heavy atom. The number of fused-ring (bicyclic) bond motifs is 1. The average Bonchev–Trinajstić information content (AvgIpc) is 3.13. The lowest BCUT2D eigenvalue weighted by Gasteiger charge is -2.38. The third kappa shape index (κ3) is 3.86. The van der Waals surface area contributed by atoms with E-state index in [4.69, 9.17) is 10.7 Å². The molecule has 0 radical (unpaired) electrons. The Kier molecular flexibility index (Phi) is 5.66. The second kappa shape index (κ2) is 8.38. The van der Waals surface area contributed by atoms with Gasteiger partial charge in [0.15, 0.2) is 0 Å². The minimum absolute atomic E-state index is 0.399. The minimum Gasteiger partial charge on any atom is -0.365 e. The van der Waals surface area contributed by atoms with Gasteiger partial charge in [-0.1, -0.05) is 26.2 Å². The van der Waals surface area contributed by atoms with Crippen LogP contribution in [0.4, 0.5) is 17.3 Å². The molecule has 1 aromatic carbocycles. The van der Waals surface area contributed by atoms with Crippen LogP contribution in [0.3, 0.4) is 0 Å². The number of aryl methyl sites for hydroxylation is 1. The molecule has 6 heteroatoms. The molecule has 2 heterocycles. The highest BCUT2D eigenvalue weighted by Gasteiger charge is 2.28. The van der Waals surface area contributed by atoms with E-state index in [-0.39, 0.29) is 0 Å². The molecule has 0 bridgehead atoms. The first kappa shape index (κ1) is 20.3. The van der Waals surface area contributed by atoms with E-state index in [1.165, 1.54) is 32.1 Å². The summed E-state index contributed by atoms with van der Waals surface area (Å²) in [6.07, 6.45) is 8.23. The zero-order valence-corrected chi connectivity index (χ0v) is 18.1. The molecule has 0 aliphatic heterocycles. The van der Waals surface area contributed by atoms with Crippen molar-refractivity contribution in [2.45, 2.75) is 45.1 Å². The molecular formula is C24H31N5O. The lowest BCUT2D eigenvalue weighted by atomic mass is 9.82. The minimum atomic E-state index is -0.482. The summed E-state index contributed by atoms with van der Waals surface area (Å²) < 4.78 is 2.08. The molecule has 3 aromatic rings. The Balaban J connectivity index is 1.66. The number of nitrogens with zero attached hydrogens (tertiary/aromatic N) is 3. The number of benzene rings is 1. The van der Waals surface area contributed by atoms with Crippen molar-refractivity contribution in [3.8, 4) is 0 Å². The van der Waals surface area contributed by atoms with Gasteiger partial charge >= 0.3 is 0 Å². The fourth-order valence-corrected chi connectivity index (χ4v) is 4.78. The van der Waals surface area contributed by atoms with E-state index in [1.54, 1.807) is 6.07 Å². The third-order valence-electron chi connectivity index (χ3n) is 6.55. The van der Waals surface area contributed by atoms with Gasteiger partial charge in [0.2, 0.25) is 0 Å². The van der Waals surface area contributed by atoms with Crippen molar-refractivity contribution in [3.63, 3.8) is 0 Å². The molecule has 1 aliphatic rings. The van der Waals surface area contributed by atoms with Crippen molar-refractivity contribution < 1.29 is 4.79 Å². The largest absolute Gasteiger partial charge is 0.365 e. The molecule has 4 rings (SSSR count). The maximum absolute atomic E-state index is 12.0. The molecular weight excluding hydrogens is 374 g/mol. The number of amides is 1. The molecule has 2 unspecified atom stereocenters. The van der Waals surface area contributed by atoms with Gasteiger partial charge in [0.05, 0.1) is 5.56 Å². The zero-order valence-electron chi connectivity index (χ0n) is 18.1. The van der Waals surface area contributed by atoms with Crippen molar-refractivity contribution in [2.24, 2.45) is 18.7 Å². The van der Waals surface area contributed by atoms with Crippen LogP contribution in [0.1, 0.15) is 49.4 Å². The number of carbonyl (C=O) groups excluding carboxylic acids is 1. The Morgan fingerprint density at radius 2 is 2.03 bits per heavy atom. The molecule has 30 heavy (non-hydrogen) atoms. The number of pyridine rings is 1. The normalized spacial score (nSPS) is 19.0. The van der Waals surface area contributed by atoms with Gasteiger partial charge in [0.25, 0.3) is 5.91 Å². The lowest BCUT2D eigenvalue weighted by molar-refractivity contribution is 0.100. The molecule has 2 aromatic heterocycles. The zero-order chi connectivity index (χ0) is 21.3. The van der Waals surface area contributed by atoms with E-state index in [0.29, 0.717) is 23.3 Å². The van der Waals surface area contributed by atoms with Crippen molar-refractivity contribution in [1.82, 2.24) is 9.55 Å². The monoisotopic (exact) mass is 405 g/mol. The number of hydrogen-bond acceptors (Lipinski definition) is 4. The molecule has 1 fully saturated rings. The van der Waals surface area contributed by atoms with Crippen LogP contribution in [-0.2, 0) is 7.05 Å². The number of primary amides is 1. The van der Waals surface area contributed by atoms with Gasteiger partial charge in [-0.05, 0) is 55.2 Å². The van der Waals surface area contributed by atoms with Crippen molar-refractivity contribution in [1.29, 1.82) is 0 Å². The smallest absolute Gasteiger partial charge is 0.252 e. The molecule has 0 saturated heterocycles. The number of rotatable bonds is 6. The second-order valence-electron chi connectivity index (χ2n) is 8.39. The van der Waals surface area contributed by atoms with Crippen molar-refractivity contribution in [2.75, 3.05) is 17.3 Å². The molecule has 2 atom stereocenters. The van der Waals surface area contributed by atoms with Gasteiger partial charge in [0.1, 0.15) is 11.6 Å². The van der Waals surface area contributed by atoms with Gasteiger partial charge in [-0.3, -0.25) is 4.79 Å². The SMILES string of the molecule is CCC1CCCCC1N(C)c1ccc(C(N)=O)c(Nc2ccc3c(ccn3C)c2)n1. The number of nitrogens with two attached hydrogens (primary N) is 1. The molecule has 6 nitrogen and oxygen atoms in total. The van der Waals surface area contributed by atoms with Crippen LogP contribution in [0.2, 0.25) is 0 Å². The number of carbonyl (C=O) groups is 1. The van der Waals surface area contributed by atoms with Crippen LogP contribution >= 0.6 is 0 Å². The van der Waals surface area contributed by atoms with Crippen LogP contribution in [0.5, 0.6) is 0 Å². The number of hydrogen-bond donors (Lipinski definition) is 2. The fourth-order valence-electron chi connectivity index (χ4n) is 4.78.